The van der Waals surface area contributed by atoms with E-state index in [1.165, 1.54) is 0 Å². The fraction of sp³-hybridized carbons (Fsp3) is 0.500. The van der Waals surface area contributed by atoms with Crippen LogP contribution >= 0.6 is 0 Å². The average Bonchev–Trinajstić information content (AvgIpc) is 3.08. The molecule has 1 atom stereocenters. The molecule has 1 N–H and O–H groups in total. The van der Waals surface area contributed by atoms with E-state index >= 15 is 0 Å². The number of rotatable bonds is 3. The SMILES string of the molecule is CCc1cccnc1-c1noc(C2(C)CCCN2)n1. The topological polar surface area (TPSA) is 63.8 Å². The van der Waals surface area contributed by atoms with Gasteiger partial charge < -0.3 is 9.84 Å². The van der Waals surface area contributed by atoms with E-state index in [-0.39, 0.29) is 5.54 Å². The Hall–Kier alpha value is -1.75. The van der Waals surface area contributed by atoms with Gasteiger partial charge in [0.15, 0.2) is 0 Å². The van der Waals surface area contributed by atoms with Crippen LogP contribution in [0.15, 0.2) is 22.9 Å². The lowest BCUT2D eigenvalue weighted by atomic mass is 10.0. The molecule has 0 amide bonds. The van der Waals surface area contributed by atoms with E-state index in [1.807, 2.05) is 12.1 Å². The molecular formula is C14H18N4O. The van der Waals surface area contributed by atoms with Crippen molar-refractivity contribution in [2.75, 3.05) is 6.54 Å². The molecule has 19 heavy (non-hydrogen) atoms. The first-order valence-electron chi connectivity index (χ1n) is 6.76. The third-order valence-electron chi connectivity index (χ3n) is 3.75. The van der Waals surface area contributed by atoms with E-state index in [2.05, 4.69) is 34.3 Å². The minimum atomic E-state index is -0.188. The van der Waals surface area contributed by atoms with Gasteiger partial charge in [-0.05, 0) is 44.4 Å². The Balaban J connectivity index is 1.97. The van der Waals surface area contributed by atoms with Crippen molar-refractivity contribution in [2.24, 2.45) is 0 Å². The van der Waals surface area contributed by atoms with Crippen LogP contribution in [0.3, 0.4) is 0 Å². The average molecular weight is 258 g/mol. The highest BCUT2D eigenvalue weighted by atomic mass is 16.5. The fourth-order valence-electron chi connectivity index (χ4n) is 2.55. The highest BCUT2D eigenvalue weighted by Gasteiger charge is 2.36. The lowest BCUT2D eigenvalue weighted by molar-refractivity contribution is 0.275. The van der Waals surface area contributed by atoms with Crippen LogP contribution in [0.2, 0.25) is 0 Å². The van der Waals surface area contributed by atoms with Crippen LogP contribution in [0.4, 0.5) is 0 Å². The number of aromatic nitrogens is 3. The molecule has 0 aliphatic carbocycles. The fourth-order valence-corrected chi connectivity index (χ4v) is 2.55. The van der Waals surface area contributed by atoms with E-state index in [1.54, 1.807) is 6.20 Å². The molecule has 2 aromatic heterocycles. The van der Waals surface area contributed by atoms with Crippen molar-refractivity contribution in [3.8, 4) is 11.5 Å². The van der Waals surface area contributed by atoms with Gasteiger partial charge in [-0.1, -0.05) is 18.1 Å². The molecule has 0 spiro atoms. The first-order chi connectivity index (χ1) is 9.23. The predicted octanol–water partition coefficient (Wildman–Crippen LogP) is 2.29. The molecule has 3 heterocycles. The van der Waals surface area contributed by atoms with Crippen LogP contribution in [-0.2, 0) is 12.0 Å². The number of nitrogens with one attached hydrogen (secondary N) is 1. The molecule has 0 aromatic carbocycles. The Morgan fingerprint density at radius 3 is 3.11 bits per heavy atom. The summed E-state index contributed by atoms with van der Waals surface area (Å²) in [6.07, 6.45) is 4.83. The van der Waals surface area contributed by atoms with Crippen molar-refractivity contribution in [3.05, 3.63) is 29.8 Å². The molecule has 5 heteroatoms. The molecule has 1 aliphatic rings. The van der Waals surface area contributed by atoms with Gasteiger partial charge >= 0.3 is 0 Å². The van der Waals surface area contributed by atoms with Gasteiger partial charge in [-0.25, -0.2) is 0 Å². The van der Waals surface area contributed by atoms with Gasteiger partial charge in [0.2, 0.25) is 11.7 Å². The van der Waals surface area contributed by atoms with Crippen LogP contribution in [0.1, 0.15) is 38.1 Å². The van der Waals surface area contributed by atoms with Crippen LogP contribution in [0.5, 0.6) is 0 Å². The molecule has 0 radical (unpaired) electrons. The quantitative estimate of drug-likeness (QED) is 0.915. The zero-order valence-corrected chi connectivity index (χ0v) is 11.3. The van der Waals surface area contributed by atoms with E-state index in [9.17, 15) is 0 Å². The first kappa shape index (κ1) is 12.3. The summed E-state index contributed by atoms with van der Waals surface area (Å²) in [5.41, 5.74) is 1.77. The van der Waals surface area contributed by atoms with Crippen molar-refractivity contribution >= 4 is 0 Å². The molecule has 3 rings (SSSR count). The van der Waals surface area contributed by atoms with Crippen molar-refractivity contribution < 1.29 is 4.52 Å². The number of nitrogens with zero attached hydrogens (tertiary/aromatic N) is 3. The number of hydrogen-bond donors (Lipinski definition) is 1. The van der Waals surface area contributed by atoms with Gasteiger partial charge in [0.1, 0.15) is 5.69 Å². The second-order valence-corrected chi connectivity index (χ2v) is 5.15. The summed E-state index contributed by atoms with van der Waals surface area (Å²) in [5, 5.41) is 7.52. The van der Waals surface area contributed by atoms with Crippen LogP contribution in [0, 0.1) is 0 Å². The number of aryl methyl sites for hydroxylation is 1. The maximum Gasteiger partial charge on any atom is 0.247 e. The van der Waals surface area contributed by atoms with Crippen molar-refractivity contribution in [2.45, 2.75) is 38.6 Å². The second kappa shape index (κ2) is 4.74. The minimum absolute atomic E-state index is 0.188. The number of pyridine rings is 1. The standard InChI is InChI=1S/C14H18N4O/c1-3-10-6-4-8-15-11(10)12-17-13(19-18-12)14(2)7-5-9-16-14/h4,6,8,16H,3,5,7,9H2,1-2H3. The lowest BCUT2D eigenvalue weighted by Crippen LogP contribution is -2.33. The van der Waals surface area contributed by atoms with Gasteiger partial charge in [-0.15, -0.1) is 0 Å². The molecule has 1 unspecified atom stereocenters. The summed E-state index contributed by atoms with van der Waals surface area (Å²) in [4.78, 5) is 8.92. The van der Waals surface area contributed by atoms with Gasteiger partial charge in [0.05, 0.1) is 5.54 Å². The molecule has 1 saturated heterocycles. The third kappa shape index (κ3) is 2.14. The highest BCUT2D eigenvalue weighted by molar-refractivity contribution is 5.53. The second-order valence-electron chi connectivity index (χ2n) is 5.15. The monoisotopic (exact) mass is 258 g/mol. The number of hydrogen-bond acceptors (Lipinski definition) is 5. The summed E-state index contributed by atoms with van der Waals surface area (Å²) in [6.45, 7) is 5.20. The normalized spacial score (nSPS) is 22.8. The Kier molecular flexibility index (Phi) is 3.06. The molecule has 1 aliphatic heterocycles. The molecule has 1 fully saturated rings. The Morgan fingerprint density at radius 2 is 2.37 bits per heavy atom. The van der Waals surface area contributed by atoms with Crippen LogP contribution < -0.4 is 5.32 Å². The van der Waals surface area contributed by atoms with Crippen molar-refractivity contribution in [1.82, 2.24) is 20.4 Å². The van der Waals surface area contributed by atoms with Crippen LogP contribution in [-0.4, -0.2) is 21.7 Å². The molecular weight excluding hydrogens is 240 g/mol. The molecule has 2 aromatic rings. The van der Waals surface area contributed by atoms with E-state index < -0.39 is 0 Å². The van der Waals surface area contributed by atoms with E-state index in [0.717, 1.165) is 37.1 Å². The Labute approximate surface area is 112 Å². The van der Waals surface area contributed by atoms with E-state index in [0.29, 0.717) is 11.7 Å². The minimum Gasteiger partial charge on any atom is -0.337 e. The highest BCUT2D eigenvalue weighted by Crippen LogP contribution is 2.30. The Morgan fingerprint density at radius 1 is 1.47 bits per heavy atom. The van der Waals surface area contributed by atoms with Crippen molar-refractivity contribution in [3.63, 3.8) is 0 Å². The molecule has 5 nitrogen and oxygen atoms in total. The molecule has 100 valence electrons. The summed E-state index contributed by atoms with van der Waals surface area (Å²) < 4.78 is 5.44. The predicted molar refractivity (Wildman–Crippen MR) is 71.5 cm³/mol. The maximum atomic E-state index is 5.44. The van der Waals surface area contributed by atoms with Gasteiger partial charge in [0, 0.05) is 6.20 Å². The molecule has 0 bridgehead atoms. The van der Waals surface area contributed by atoms with Gasteiger partial charge in [-0.2, -0.15) is 4.98 Å². The Bertz CT molecular complexity index is 572. The lowest BCUT2D eigenvalue weighted by Gasteiger charge is -2.18. The van der Waals surface area contributed by atoms with E-state index in [4.69, 9.17) is 4.52 Å². The maximum absolute atomic E-state index is 5.44. The summed E-state index contributed by atoms with van der Waals surface area (Å²) >= 11 is 0. The summed E-state index contributed by atoms with van der Waals surface area (Å²) in [7, 11) is 0. The van der Waals surface area contributed by atoms with Gasteiger partial charge in [0.25, 0.3) is 0 Å². The molecule has 0 saturated carbocycles. The smallest absolute Gasteiger partial charge is 0.247 e. The van der Waals surface area contributed by atoms with Gasteiger partial charge in [-0.3, -0.25) is 4.98 Å². The zero-order chi connectivity index (χ0) is 13.3. The summed E-state index contributed by atoms with van der Waals surface area (Å²) in [5.74, 6) is 1.25. The summed E-state index contributed by atoms with van der Waals surface area (Å²) in [6, 6.07) is 3.98. The largest absolute Gasteiger partial charge is 0.337 e. The van der Waals surface area contributed by atoms with Crippen molar-refractivity contribution in [1.29, 1.82) is 0 Å². The zero-order valence-electron chi connectivity index (χ0n) is 11.3. The first-order valence-corrected chi connectivity index (χ1v) is 6.76. The third-order valence-corrected chi connectivity index (χ3v) is 3.75. The van der Waals surface area contributed by atoms with Crippen LogP contribution in [0.25, 0.3) is 11.5 Å².